The minimum absolute atomic E-state index is 0.676. The molecule has 0 amide bonds. The maximum atomic E-state index is 5.53. The van der Waals surface area contributed by atoms with Crippen LogP contribution in [0.3, 0.4) is 0 Å². The molecule has 0 aliphatic heterocycles. The molecule has 0 atom stereocenters. The predicted molar refractivity (Wildman–Crippen MR) is 53.3 cm³/mol. The number of hydrogen-bond donors (Lipinski definition) is 0. The largest absolute Gasteiger partial charge is 0.261 e. The van der Waals surface area contributed by atoms with E-state index in [1.165, 1.54) is 0 Å². The number of alkyl halides is 1. The highest BCUT2D eigenvalue weighted by Crippen LogP contribution is 2.02. The van der Waals surface area contributed by atoms with Gasteiger partial charge in [0.25, 0.3) is 0 Å². The zero-order valence-corrected chi connectivity index (χ0v) is 7.88. The Bertz CT molecular complexity index is 251. The first-order valence-electron chi connectivity index (χ1n) is 3.98. The second-order valence-electron chi connectivity index (χ2n) is 2.61. The Balaban J connectivity index is 2.58. The summed E-state index contributed by atoms with van der Waals surface area (Å²) in [5.74, 6) is 0.676. The lowest BCUT2D eigenvalue weighted by molar-refractivity contribution is 1.19. The summed E-state index contributed by atoms with van der Waals surface area (Å²) in [6.07, 6.45) is 6.86. The summed E-state index contributed by atoms with van der Waals surface area (Å²) in [6.45, 7) is 1.98. The van der Waals surface area contributed by atoms with E-state index in [0.29, 0.717) is 5.88 Å². The topological polar surface area (TPSA) is 12.9 Å². The van der Waals surface area contributed by atoms with E-state index in [2.05, 4.69) is 11.1 Å². The third-order valence-electron chi connectivity index (χ3n) is 1.52. The Labute approximate surface area is 78.1 Å². The average molecular weight is 182 g/mol. The van der Waals surface area contributed by atoms with Gasteiger partial charge in [0, 0.05) is 17.8 Å². The van der Waals surface area contributed by atoms with Crippen molar-refractivity contribution in [1.29, 1.82) is 0 Å². The van der Waals surface area contributed by atoms with Crippen LogP contribution in [0.25, 0.3) is 6.08 Å². The molecule has 1 rings (SSSR count). The quantitative estimate of drug-likeness (QED) is 0.654. The molecule has 0 fully saturated rings. The second kappa shape index (κ2) is 4.94. The molecule has 0 saturated heterocycles. The fourth-order valence-corrected chi connectivity index (χ4v) is 0.986. The van der Waals surface area contributed by atoms with E-state index in [1.54, 1.807) is 0 Å². The number of halogens is 1. The first kappa shape index (κ1) is 9.27. The molecule has 0 unspecified atom stereocenters. The summed E-state index contributed by atoms with van der Waals surface area (Å²) < 4.78 is 0. The van der Waals surface area contributed by atoms with Gasteiger partial charge in [-0.1, -0.05) is 18.2 Å². The number of allylic oxidation sites excluding steroid dienone is 1. The molecule has 1 aromatic heterocycles. The van der Waals surface area contributed by atoms with Crippen LogP contribution >= 0.6 is 11.6 Å². The minimum atomic E-state index is 0.676. The Morgan fingerprint density at radius 2 is 2.33 bits per heavy atom. The van der Waals surface area contributed by atoms with Gasteiger partial charge in [-0.2, -0.15) is 0 Å². The molecular formula is C10H12ClN. The standard InChI is InChI=1S/C10H12ClN/c1-9-5-6-10(8-12-9)4-2-3-7-11/h2,4-6,8H,3,7H2,1H3. The number of pyridine rings is 1. The van der Waals surface area contributed by atoms with Crippen molar-refractivity contribution in [3.8, 4) is 0 Å². The van der Waals surface area contributed by atoms with Gasteiger partial charge in [0.1, 0.15) is 0 Å². The van der Waals surface area contributed by atoms with Crippen molar-refractivity contribution < 1.29 is 0 Å². The third-order valence-corrected chi connectivity index (χ3v) is 1.74. The van der Waals surface area contributed by atoms with E-state index < -0.39 is 0 Å². The van der Waals surface area contributed by atoms with Crippen molar-refractivity contribution in [2.45, 2.75) is 13.3 Å². The number of aromatic nitrogens is 1. The van der Waals surface area contributed by atoms with Crippen LogP contribution in [0, 0.1) is 6.92 Å². The minimum Gasteiger partial charge on any atom is -0.261 e. The van der Waals surface area contributed by atoms with Crippen LogP contribution in [0.4, 0.5) is 0 Å². The number of nitrogens with zero attached hydrogens (tertiary/aromatic N) is 1. The van der Waals surface area contributed by atoms with Crippen LogP contribution in [-0.2, 0) is 0 Å². The summed E-state index contributed by atoms with van der Waals surface area (Å²) in [7, 11) is 0. The van der Waals surface area contributed by atoms with E-state index in [1.807, 2.05) is 31.3 Å². The summed E-state index contributed by atoms with van der Waals surface area (Å²) in [4.78, 5) is 4.17. The maximum Gasteiger partial charge on any atom is 0.0373 e. The molecule has 0 radical (unpaired) electrons. The van der Waals surface area contributed by atoms with E-state index in [0.717, 1.165) is 17.7 Å². The number of rotatable bonds is 3. The molecule has 0 aliphatic carbocycles. The smallest absolute Gasteiger partial charge is 0.0373 e. The third kappa shape index (κ3) is 3.05. The van der Waals surface area contributed by atoms with E-state index in [9.17, 15) is 0 Å². The van der Waals surface area contributed by atoms with Crippen molar-refractivity contribution in [3.63, 3.8) is 0 Å². The predicted octanol–water partition coefficient (Wildman–Crippen LogP) is 3.03. The Morgan fingerprint density at radius 3 is 2.92 bits per heavy atom. The van der Waals surface area contributed by atoms with Gasteiger partial charge >= 0.3 is 0 Å². The van der Waals surface area contributed by atoms with Gasteiger partial charge < -0.3 is 0 Å². The van der Waals surface area contributed by atoms with Crippen molar-refractivity contribution in [2.24, 2.45) is 0 Å². The van der Waals surface area contributed by atoms with Crippen molar-refractivity contribution >= 4 is 17.7 Å². The molecule has 0 spiro atoms. The zero-order valence-electron chi connectivity index (χ0n) is 7.13. The van der Waals surface area contributed by atoms with Crippen molar-refractivity contribution in [1.82, 2.24) is 4.98 Å². The highest BCUT2D eigenvalue weighted by Gasteiger charge is 1.86. The van der Waals surface area contributed by atoms with Gasteiger partial charge in [-0.05, 0) is 25.0 Å². The van der Waals surface area contributed by atoms with E-state index in [-0.39, 0.29) is 0 Å². The van der Waals surface area contributed by atoms with Crippen LogP contribution in [0.1, 0.15) is 17.7 Å². The molecule has 12 heavy (non-hydrogen) atoms. The van der Waals surface area contributed by atoms with E-state index in [4.69, 9.17) is 11.6 Å². The second-order valence-corrected chi connectivity index (χ2v) is 2.99. The molecule has 0 N–H and O–H groups in total. The number of aryl methyl sites for hydroxylation is 1. The van der Waals surface area contributed by atoms with Gasteiger partial charge in [0.2, 0.25) is 0 Å². The first-order chi connectivity index (χ1) is 5.83. The van der Waals surface area contributed by atoms with Gasteiger partial charge in [-0.15, -0.1) is 11.6 Å². The first-order valence-corrected chi connectivity index (χ1v) is 4.51. The molecular weight excluding hydrogens is 170 g/mol. The Kier molecular flexibility index (Phi) is 3.81. The van der Waals surface area contributed by atoms with Crippen molar-refractivity contribution in [3.05, 3.63) is 35.7 Å². The summed E-state index contributed by atoms with van der Waals surface area (Å²) in [5, 5.41) is 0. The van der Waals surface area contributed by atoms with Gasteiger partial charge in [0.15, 0.2) is 0 Å². The molecule has 0 aromatic carbocycles. The van der Waals surface area contributed by atoms with Crippen LogP contribution in [0.2, 0.25) is 0 Å². The van der Waals surface area contributed by atoms with Gasteiger partial charge in [-0.25, -0.2) is 0 Å². The lowest BCUT2D eigenvalue weighted by Gasteiger charge is -1.92. The SMILES string of the molecule is Cc1ccc(C=CCCCl)cn1. The highest BCUT2D eigenvalue weighted by molar-refractivity contribution is 6.17. The summed E-state index contributed by atoms with van der Waals surface area (Å²) >= 11 is 5.53. The van der Waals surface area contributed by atoms with Crippen LogP contribution < -0.4 is 0 Å². The molecule has 0 bridgehead atoms. The monoisotopic (exact) mass is 181 g/mol. The van der Waals surface area contributed by atoms with Crippen LogP contribution in [-0.4, -0.2) is 10.9 Å². The average Bonchev–Trinajstić information content (AvgIpc) is 2.09. The summed E-state index contributed by atoms with van der Waals surface area (Å²) in [5.41, 5.74) is 2.18. The lowest BCUT2D eigenvalue weighted by Crippen LogP contribution is -1.79. The zero-order chi connectivity index (χ0) is 8.81. The molecule has 0 aliphatic rings. The fraction of sp³-hybridized carbons (Fsp3) is 0.300. The molecule has 2 heteroatoms. The van der Waals surface area contributed by atoms with E-state index >= 15 is 0 Å². The molecule has 1 heterocycles. The van der Waals surface area contributed by atoms with Crippen LogP contribution in [0.15, 0.2) is 24.4 Å². The Hall–Kier alpha value is -0.820. The normalized spacial score (nSPS) is 10.8. The molecule has 0 saturated carbocycles. The number of hydrogen-bond acceptors (Lipinski definition) is 1. The maximum absolute atomic E-state index is 5.53. The Morgan fingerprint density at radius 1 is 1.50 bits per heavy atom. The highest BCUT2D eigenvalue weighted by atomic mass is 35.5. The molecule has 64 valence electrons. The van der Waals surface area contributed by atoms with Gasteiger partial charge in [-0.3, -0.25) is 4.98 Å². The molecule has 1 nitrogen and oxygen atoms in total. The molecule has 1 aromatic rings. The fourth-order valence-electron chi connectivity index (χ4n) is 0.860. The lowest BCUT2D eigenvalue weighted by atomic mass is 10.2. The summed E-state index contributed by atoms with van der Waals surface area (Å²) in [6, 6.07) is 4.05. The van der Waals surface area contributed by atoms with Crippen LogP contribution in [0.5, 0.6) is 0 Å². The van der Waals surface area contributed by atoms with Gasteiger partial charge in [0.05, 0.1) is 0 Å². The van der Waals surface area contributed by atoms with Crippen molar-refractivity contribution in [2.75, 3.05) is 5.88 Å².